The summed E-state index contributed by atoms with van der Waals surface area (Å²) in [7, 11) is 0. The fourth-order valence-electron chi connectivity index (χ4n) is 2.78. The van der Waals surface area contributed by atoms with E-state index in [1.807, 2.05) is 0 Å². The molecule has 0 unspecified atom stereocenters. The number of aliphatic hydroxyl groups excluding tert-OH is 1. The predicted molar refractivity (Wildman–Crippen MR) is 99.9 cm³/mol. The van der Waals surface area contributed by atoms with Gasteiger partial charge in [0.2, 0.25) is 0 Å². The molecule has 0 heterocycles. The summed E-state index contributed by atoms with van der Waals surface area (Å²) in [6.07, 6.45) is 20.3. The number of esters is 1. The number of hydrogen-bond donors (Lipinski definition) is 1. The van der Waals surface area contributed by atoms with Gasteiger partial charge in [-0.2, -0.15) is 0 Å². The maximum atomic E-state index is 11.0. The van der Waals surface area contributed by atoms with Crippen LogP contribution in [0.3, 0.4) is 0 Å². The summed E-state index contributed by atoms with van der Waals surface area (Å²) in [6, 6.07) is 0. The fourth-order valence-corrected chi connectivity index (χ4v) is 2.78. The molecule has 0 spiro atoms. The van der Waals surface area contributed by atoms with Gasteiger partial charge in [-0.1, -0.05) is 96.8 Å². The summed E-state index contributed by atoms with van der Waals surface area (Å²) >= 11 is 0. The van der Waals surface area contributed by atoms with Crippen molar-refractivity contribution in [1.29, 1.82) is 0 Å². The number of hydrogen-bond acceptors (Lipinski definition) is 3. The number of carbonyl (C=O) groups excluding carboxylic acids is 1. The molecule has 0 radical (unpaired) electrons. The van der Waals surface area contributed by atoms with Crippen molar-refractivity contribution in [3.05, 3.63) is 0 Å². The van der Waals surface area contributed by atoms with Gasteiger partial charge >= 0.3 is 35.5 Å². The topological polar surface area (TPSA) is 46.5 Å². The van der Waals surface area contributed by atoms with Gasteiger partial charge < -0.3 is 9.84 Å². The summed E-state index contributed by atoms with van der Waals surface area (Å²) in [5.74, 6) is -0.280. The van der Waals surface area contributed by atoms with Crippen molar-refractivity contribution in [3.8, 4) is 0 Å². The molecule has 4 heteroatoms. The van der Waals surface area contributed by atoms with Crippen molar-refractivity contribution in [1.82, 2.24) is 0 Å². The Morgan fingerprint density at radius 1 is 0.696 bits per heavy atom. The fraction of sp³-hybridized carbons (Fsp3) is 0.947. The minimum atomic E-state index is -0.489. The van der Waals surface area contributed by atoms with Gasteiger partial charge in [0.15, 0.2) is 6.79 Å². The first-order chi connectivity index (χ1) is 10.8. The van der Waals surface area contributed by atoms with Gasteiger partial charge in [0.05, 0.1) is 0 Å². The van der Waals surface area contributed by atoms with Gasteiger partial charge in [-0.05, 0) is 6.42 Å². The molecule has 1 N–H and O–H groups in total. The van der Waals surface area contributed by atoms with Crippen LogP contribution in [-0.2, 0) is 9.53 Å². The van der Waals surface area contributed by atoms with Gasteiger partial charge in [-0.25, -0.2) is 0 Å². The molecule has 134 valence electrons. The quantitative estimate of drug-likeness (QED) is 0.174. The Morgan fingerprint density at radius 2 is 1.04 bits per heavy atom. The van der Waals surface area contributed by atoms with Gasteiger partial charge in [0, 0.05) is 6.42 Å². The average molecular weight is 339 g/mol. The first-order valence-electron chi connectivity index (χ1n) is 9.57. The normalized spacial score (nSPS) is 10.3. The zero-order valence-corrected chi connectivity index (χ0v) is 14.8. The van der Waals surface area contributed by atoms with Crippen LogP contribution in [-0.4, -0.2) is 47.4 Å². The summed E-state index contributed by atoms with van der Waals surface area (Å²) in [5.41, 5.74) is 0. The second kappa shape index (κ2) is 22.4. The molecule has 0 aromatic heterocycles. The summed E-state index contributed by atoms with van der Waals surface area (Å²) in [6.45, 7) is 1.78. The summed E-state index contributed by atoms with van der Waals surface area (Å²) in [5, 5.41) is 8.42. The van der Waals surface area contributed by atoms with E-state index in [1.54, 1.807) is 0 Å². The minimum absolute atomic E-state index is 0. The number of rotatable bonds is 17. The van der Waals surface area contributed by atoms with Crippen molar-refractivity contribution in [2.75, 3.05) is 6.79 Å². The molecule has 0 aromatic rings. The molecule has 0 fully saturated rings. The van der Waals surface area contributed by atoms with E-state index in [9.17, 15) is 4.79 Å². The number of carbonyl (C=O) groups is 1. The molecule has 0 rings (SSSR count). The number of unbranched alkanes of at least 4 members (excludes halogenated alkanes) is 14. The van der Waals surface area contributed by atoms with Gasteiger partial charge in [-0.15, -0.1) is 0 Å². The van der Waals surface area contributed by atoms with E-state index >= 15 is 0 Å². The van der Waals surface area contributed by atoms with Crippen LogP contribution >= 0.6 is 0 Å². The van der Waals surface area contributed by atoms with Crippen LogP contribution in [0.5, 0.6) is 0 Å². The van der Waals surface area contributed by atoms with E-state index < -0.39 is 6.79 Å². The predicted octanol–water partition coefficient (Wildman–Crippen LogP) is 5.09. The van der Waals surface area contributed by atoms with E-state index in [0.717, 1.165) is 12.8 Å². The summed E-state index contributed by atoms with van der Waals surface area (Å²) < 4.78 is 4.48. The molecule has 0 atom stereocenters. The molecule has 0 aliphatic carbocycles. The molecule has 0 bridgehead atoms. The van der Waals surface area contributed by atoms with Crippen LogP contribution in [0.2, 0.25) is 0 Å². The molecule has 3 nitrogen and oxygen atoms in total. The van der Waals surface area contributed by atoms with Gasteiger partial charge in [0.25, 0.3) is 0 Å². The van der Waals surface area contributed by atoms with Crippen LogP contribution in [0.25, 0.3) is 0 Å². The van der Waals surface area contributed by atoms with Crippen LogP contribution in [0.1, 0.15) is 110 Å². The van der Waals surface area contributed by atoms with Crippen molar-refractivity contribution in [3.63, 3.8) is 0 Å². The van der Waals surface area contributed by atoms with Crippen LogP contribution in [0.4, 0.5) is 0 Å². The van der Waals surface area contributed by atoms with Crippen molar-refractivity contribution in [2.24, 2.45) is 0 Å². The van der Waals surface area contributed by atoms with E-state index in [-0.39, 0.29) is 35.5 Å². The van der Waals surface area contributed by atoms with E-state index in [2.05, 4.69) is 11.7 Å². The molecule has 0 aliphatic heterocycles. The zero-order chi connectivity index (χ0) is 16.3. The first-order valence-corrected chi connectivity index (χ1v) is 9.57. The Hall–Kier alpha value is 0.430. The third-order valence-electron chi connectivity index (χ3n) is 4.21. The monoisotopic (exact) mass is 338 g/mol. The van der Waals surface area contributed by atoms with E-state index in [4.69, 9.17) is 5.11 Å². The molecule has 0 saturated heterocycles. The van der Waals surface area contributed by atoms with E-state index in [0.29, 0.717) is 6.42 Å². The molecular formula is C19H39NaO3. The number of aliphatic hydroxyl groups is 1. The van der Waals surface area contributed by atoms with Crippen molar-refractivity contribution < 1.29 is 14.6 Å². The van der Waals surface area contributed by atoms with Gasteiger partial charge in [-0.3, -0.25) is 4.79 Å². The molecule has 0 aromatic carbocycles. The Bertz CT molecular complexity index is 235. The first kappa shape index (κ1) is 25.7. The van der Waals surface area contributed by atoms with Crippen LogP contribution in [0.15, 0.2) is 0 Å². The SMILES string of the molecule is CCCCCCCCCCCCCCCCCC(=O)OCO.[NaH]. The number of ether oxygens (including phenoxy) is 1. The molecular weight excluding hydrogens is 299 g/mol. The Kier molecular flexibility index (Phi) is 25.0. The Balaban J connectivity index is 0. The molecule has 23 heavy (non-hydrogen) atoms. The second-order valence-electron chi connectivity index (χ2n) is 6.35. The van der Waals surface area contributed by atoms with Crippen LogP contribution in [0, 0.1) is 0 Å². The van der Waals surface area contributed by atoms with E-state index in [1.165, 1.54) is 83.5 Å². The third kappa shape index (κ3) is 22.4. The maximum absolute atomic E-state index is 11.0. The molecule has 0 amide bonds. The second-order valence-corrected chi connectivity index (χ2v) is 6.35. The molecule has 0 aliphatic rings. The van der Waals surface area contributed by atoms with Gasteiger partial charge in [0.1, 0.15) is 0 Å². The molecule has 0 saturated carbocycles. The average Bonchev–Trinajstić information content (AvgIpc) is 2.51. The standard InChI is InChI=1S/C19H38O3.Na.H/c1-2-3-4-5-6-7-8-9-10-11-12-13-14-15-16-17-19(21)22-18-20;;/h20H,2-18H2,1H3;;. The zero-order valence-electron chi connectivity index (χ0n) is 14.8. The third-order valence-corrected chi connectivity index (χ3v) is 4.21. The van der Waals surface area contributed by atoms with Crippen molar-refractivity contribution in [2.45, 2.75) is 110 Å². The Labute approximate surface area is 166 Å². The summed E-state index contributed by atoms with van der Waals surface area (Å²) in [4.78, 5) is 11.0. The van der Waals surface area contributed by atoms with Crippen molar-refractivity contribution >= 4 is 35.5 Å². The van der Waals surface area contributed by atoms with Crippen LogP contribution < -0.4 is 0 Å². The Morgan fingerprint density at radius 3 is 1.39 bits per heavy atom.